The van der Waals surface area contributed by atoms with Gasteiger partial charge in [0.15, 0.2) is 0 Å². The second-order valence-corrected chi connectivity index (χ2v) is 6.96. The van der Waals surface area contributed by atoms with Gasteiger partial charge in [0.1, 0.15) is 0 Å². The molecule has 0 saturated carbocycles. The van der Waals surface area contributed by atoms with Gasteiger partial charge in [0.05, 0.1) is 0 Å². The van der Waals surface area contributed by atoms with E-state index in [0.717, 1.165) is 11.6 Å². The molecule has 1 aromatic rings. The first-order valence-electron chi connectivity index (χ1n) is 6.91. The molecule has 1 unspecified atom stereocenters. The lowest BCUT2D eigenvalue weighted by Crippen LogP contribution is -2.33. The van der Waals surface area contributed by atoms with Crippen LogP contribution in [0.1, 0.15) is 25.8 Å². The minimum absolute atomic E-state index is 0.469. The second kappa shape index (κ2) is 6.87. The monoisotopic (exact) mass is 298 g/mol. The molecule has 2 rings (SSSR count). The molecule has 0 bridgehead atoms. The van der Waals surface area contributed by atoms with Crippen molar-refractivity contribution >= 4 is 29.1 Å². The van der Waals surface area contributed by atoms with Gasteiger partial charge in [-0.2, -0.15) is 11.8 Å². The summed E-state index contributed by atoms with van der Waals surface area (Å²) >= 11 is 8.43. The van der Waals surface area contributed by atoms with Crippen LogP contribution in [-0.2, 0) is 6.54 Å². The van der Waals surface area contributed by atoms with E-state index in [-0.39, 0.29) is 0 Å². The number of nitrogens with one attached hydrogen (secondary N) is 1. The van der Waals surface area contributed by atoms with Crippen molar-refractivity contribution in [3.05, 3.63) is 28.8 Å². The molecule has 0 radical (unpaired) electrons. The molecule has 1 aliphatic heterocycles. The van der Waals surface area contributed by atoms with Gasteiger partial charge in [0.2, 0.25) is 0 Å². The Bertz CT molecular complexity index is 417. The molecule has 106 valence electrons. The number of anilines is 1. The third-order valence-electron chi connectivity index (χ3n) is 3.61. The molecule has 0 amide bonds. The standard InChI is InChI=1S/C15H23ClN2S/c1-11(2)17-9-13-14(16)5-4-6-15(13)18(3)12-7-8-19-10-12/h4-6,11-12,17H,7-10H2,1-3H3. The summed E-state index contributed by atoms with van der Waals surface area (Å²) in [6.07, 6.45) is 1.27. The van der Waals surface area contributed by atoms with E-state index in [2.05, 4.69) is 43.2 Å². The molecular weight excluding hydrogens is 276 g/mol. The van der Waals surface area contributed by atoms with Gasteiger partial charge in [-0.25, -0.2) is 0 Å². The van der Waals surface area contributed by atoms with Gasteiger partial charge in [-0.05, 0) is 24.3 Å². The van der Waals surface area contributed by atoms with Gasteiger partial charge in [-0.3, -0.25) is 0 Å². The molecule has 4 heteroatoms. The Morgan fingerprint density at radius 2 is 2.26 bits per heavy atom. The third-order valence-corrected chi connectivity index (χ3v) is 5.11. The summed E-state index contributed by atoms with van der Waals surface area (Å²) in [7, 11) is 2.20. The molecule has 1 fully saturated rings. The van der Waals surface area contributed by atoms with Crippen molar-refractivity contribution in [2.24, 2.45) is 0 Å². The molecule has 1 aliphatic rings. The quantitative estimate of drug-likeness (QED) is 0.890. The Kier molecular flexibility index (Phi) is 5.43. The van der Waals surface area contributed by atoms with Crippen LogP contribution in [0.5, 0.6) is 0 Å². The van der Waals surface area contributed by atoms with Crippen LogP contribution >= 0.6 is 23.4 Å². The predicted octanol–water partition coefficient (Wildman–Crippen LogP) is 3.78. The highest BCUT2D eigenvalue weighted by Crippen LogP contribution is 2.31. The van der Waals surface area contributed by atoms with Gasteiger partial charge in [-0.15, -0.1) is 0 Å². The van der Waals surface area contributed by atoms with Crippen LogP contribution in [-0.4, -0.2) is 30.6 Å². The first-order valence-corrected chi connectivity index (χ1v) is 8.44. The minimum Gasteiger partial charge on any atom is -0.370 e. The zero-order valence-corrected chi connectivity index (χ0v) is 13.5. The van der Waals surface area contributed by atoms with Gasteiger partial charge >= 0.3 is 0 Å². The Morgan fingerprint density at radius 1 is 1.47 bits per heavy atom. The fourth-order valence-electron chi connectivity index (χ4n) is 2.38. The molecule has 0 spiro atoms. The minimum atomic E-state index is 0.469. The molecule has 1 saturated heterocycles. The summed E-state index contributed by atoms with van der Waals surface area (Å²) in [6, 6.07) is 7.33. The zero-order chi connectivity index (χ0) is 13.8. The molecule has 1 N–H and O–H groups in total. The Morgan fingerprint density at radius 3 is 2.89 bits per heavy atom. The Labute approximate surface area is 125 Å². The smallest absolute Gasteiger partial charge is 0.0471 e. The maximum atomic E-state index is 6.39. The van der Waals surface area contributed by atoms with E-state index in [0.29, 0.717) is 12.1 Å². The summed E-state index contributed by atoms with van der Waals surface area (Å²) < 4.78 is 0. The Hall–Kier alpha value is -0.380. The van der Waals surface area contributed by atoms with E-state index < -0.39 is 0 Å². The van der Waals surface area contributed by atoms with Crippen molar-refractivity contribution in [3.63, 3.8) is 0 Å². The summed E-state index contributed by atoms with van der Waals surface area (Å²) in [5.74, 6) is 2.50. The highest BCUT2D eigenvalue weighted by Gasteiger charge is 2.22. The van der Waals surface area contributed by atoms with Crippen molar-refractivity contribution < 1.29 is 0 Å². The molecule has 1 aromatic carbocycles. The van der Waals surface area contributed by atoms with Crippen molar-refractivity contribution in [1.29, 1.82) is 0 Å². The molecule has 2 nitrogen and oxygen atoms in total. The number of hydrogen-bond donors (Lipinski definition) is 1. The number of thioether (sulfide) groups is 1. The average Bonchev–Trinajstić information content (AvgIpc) is 2.89. The highest BCUT2D eigenvalue weighted by atomic mass is 35.5. The SMILES string of the molecule is CC(C)NCc1c(Cl)cccc1N(C)C1CCSC1. The maximum absolute atomic E-state index is 6.39. The van der Waals surface area contributed by atoms with Crippen LogP contribution < -0.4 is 10.2 Å². The highest BCUT2D eigenvalue weighted by molar-refractivity contribution is 7.99. The zero-order valence-electron chi connectivity index (χ0n) is 11.9. The molecular formula is C15H23ClN2S. The number of nitrogens with zero attached hydrogens (tertiary/aromatic N) is 1. The van der Waals surface area contributed by atoms with Gasteiger partial charge in [0, 0.05) is 47.7 Å². The largest absolute Gasteiger partial charge is 0.370 e. The lowest BCUT2D eigenvalue weighted by atomic mass is 10.1. The summed E-state index contributed by atoms with van der Waals surface area (Å²) in [5.41, 5.74) is 2.49. The average molecular weight is 299 g/mol. The van der Waals surface area contributed by atoms with Crippen LogP contribution in [0, 0.1) is 0 Å². The molecule has 19 heavy (non-hydrogen) atoms. The molecule has 1 atom stereocenters. The predicted molar refractivity (Wildman–Crippen MR) is 87.6 cm³/mol. The summed E-state index contributed by atoms with van der Waals surface area (Å²) in [5, 5.41) is 4.34. The normalized spacial score (nSPS) is 19.1. The molecule has 0 aliphatic carbocycles. The van der Waals surface area contributed by atoms with Crippen molar-refractivity contribution in [2.45, 2.75) is 38.9 Å². The summed E-state index contributed by atoms with van der Waals surface area (Å²) in [4.78, 5) is 2.41. The third kappa shape index (κ3) is 3.80. The van der Waals surface area contributed by atoms with E-state index in [4.69, 9.17) is 11.6 Å². The number of rotatable bonds is 5. The lowest BCUT2D eigenvalue weighted by Gasteiger charge is -2.29. The molecule has 1 heterocycles. The van der Waals surface area contributed by atoms with Crippen LogP contribution in [0.2, 0.25) is 5.02 Å². The fourth-order valence-corrected chi connectivity index (χ4v) is 3.89. The van der Waals surface area contributed by atoms with Crippen LogP contribution in [0.3, 0.4) is 0 Å². The van der Waals surface area contributed by atoms with Crippen molar-refractivity contribution in [2.75, 3.05) is 23.5 Å². The summed E-state index contributed by atoms with van der Waals surface area (Å²) in [6.45, 7) is 5.15. The molecule has 0 aromatic heterocycles. The lowest BCUT2D eigenvalue weighted by molar-refractivity contribution is 0.586. The number of halogens is 1. The van der Waals surface area contributed by atoms with Gasteiger partial charge < -0.3 is 10.2 Å². The van der Waals surface area contributed by atoms with Crippen LogP contribution in [0.4, 0.5) is 5.69 Å². The van der Waals surface area contributed by atoms with Gasteiger partial charge in [0.25, 0.3) is 0 Å². The van der Waals surface area contributed by atoms with E-state index in [9.17, 15) is 0 Å². The number of benzene rings is 1. The fraction of sp³-hybridized carbons (Fsp3) is 0.600. The van der Waals surface area contributed by atoms with E-state index in [1.807, 2.05) is 17.8 Å². The first kappa shape index (κ1) is 15.0. The van der Waals surface area contributed by atoms with E-state index in [1.165, 1.54) is 29.2 Å². The van der Waals surface area contributed by atoms with Crippen LogP contribution in [0.15, 0.2) is 18.2 Å². The van der Waals surface area contributed by atoms with Crippen molar-refractivity contribution in [1.82, 2.24) is 5.32 Å². The maximum Gasteiger partial charge on any atom is 0.0471 e. The van der Waals surface area contributed by atoms with Crippen LogP contribution in [0.25, 0.3) is 0 Å². The second-order valence-electron chi connectivity index (χ2n) is 5.40. The van der Waals surface area contributed by atoms with E-state index >= 15 is 0 Å². The Balaban J connectivity index is 2.20. The first-order chi connectivity index (χ1) is 9.09. The topological polar surface area (TPSA) is 15.3 Å². The van der Waals surface area contributed by atoms with E-state index in [1.54, 1.807) is 0 Å². The number of hydrogen-bond acceptors (Lipinski definition) is 3. The van der Waals surface area contributed by atoms with Crippen molar-refractivity contribution in [3.8, 4) is 0 Å². The van der Waals surface area contributed by atoms with Gasteiger partial charge in [-0.1, -0.05) is 31.5 Å².